The van der Waals surface area contributed by atoms with Crippen LogP contribution in [0.15, 0.2) is 60.2 Å². The van der Waals surface area contributed by atoms with Crippen molar-refractivity contribution in [3.63, 3.8) is 0 Å². The number of carbonyl (C=O) groups is 2. The molecule has 1 fully saturated rings. The maximum Gasteiger partial charge on any atom is 0.295 e. The van der Waals surface area contributed by atoms with Crippen molar-refractivity contribution in [3.8, 4) is 0 Å². The van der Waals surface area contributed by atoms with Crippen molar-refractivity contribution >= 4 is 23.1 Å². The molecule has 0 unspecified atom stereocenters. The number of amides is 1. The first-order chi connectivity index (χ1) is 14.5. The van der Waals surface area contributed by atoms with E-state index >= 15 is 0 Å². The van der Waals surface area contributed by atoms with Crippen LogP contribution in [0.3, 0.4) is 0 Å². The van der Waals surface area contributed by atoms with Crippen LogP contribution in [0.4, 0.5) is 5.69 Å². The van der Waals surface area contributed by atoms with Crippen LogP contribution < -0.4 is 0 Å². The second-order valence-corrected chi connectivity index (χ2v) is 6.54. The number of aliphatic hydroxyl groups excluding tert-OH is 2. The average molecular weight is 412 g/mol. The Balaban J connectivity index is 2.03. The van der Waals surface area contributed by atoms with Crippen molar-refractivity contribution in [1.82, 2.24) is 4.90 Å². The van der Waals surface area contributed by atoms with Gasteiger partial charge in [0, 0.05) is 24.2 Å². The summed E-state index contributed by atoms with van der Waals surface area (Å²) in [5.41, 5.74) is 0.563. The number of non-ortho nitro benzene ring substituents is 1. The number of aliphatic hydroxyl groups is 2. The van der Waals surface area contributed by atoms with Crippen LogP contribution in [0.1, 0.15) is 17.2 Å². The van der Waals surface area contributed by atoms with E-state index in [1.807, 2.05) is 0 Å². The van der Waals surface area contributed by atoms with E-state index in [4.69, 9.17) is 9.84 Å². The van der Waals surface area contributed by atoms with E-state index in [1.54, 1.807) is 30.3 Å². The summed E-state index contributed by atoms with van der Waals surface area (Å²) < 4.78 is 5.23. The van der Waals surface area contributed by atoms with Crippen LogP contribution in [-0.2, 0) is 14.3 Å². The number of hydrogen-bond donors (Lipinski definition) is 2. The molecule has 1 aliphatic rings. The summed E-state index contributed by atoms with van der Waals surface area (Å²) in [7, 11) is 0. The maximum absolute atomic E-state index is 12.8. The number of rotatable bonds is 8. The van der Waals surface area contributed by atoms with Gasteiger partial charge in [0.15, 0.2) is 0 Å². The van der Waals surface area contributed by atoms with Crippen molar-refractivity contribution in [2.45, 2.75) is 6.04 Å². The van der Waals surface area contributed by atoms with E-state index in [-0.39, 0.29) is 43.2 Å². The van der Waals surface area contributed by atoms with E-state index < -0.39 is 28.4 Å². The first-order valence-corrected chi connectivity index (χ1v) is 9.22. The second kappa shape index (κ2) is 9.29. The van der Waals surface area contributed by atoms with Crippen LogP contribution in [0.2, 0.25) is 0 Å². The SMILES string of the molecule is O=C1C(=O)N(CCOCCO)[C@@H](c2ccccc2)C1=C(O)c1ccc([N+](=O)[O-])cc1. The highest BCUT2D eigenvalue weighted by Crippen LogP contribution is 2.39. The van der Waals surface area contributed by atoms with Gasteiger partial charge in [0.1, 0.15) is 5.76 Å². The first kappa shape index (κ1) is 21.2. The molecule has 0 saturated carbocycles. The van der Waals surface area contributed by atoms with Crippen LogP contribution in [0, 0.1) is 10.1 Å². The Morgan fingerprint density at radius 1 is 1.07 bits per heavy atom. The van der Waals surface area contributed by atoms with E-state index in [0.29, 0.717) is 5.56 Å². The van der Waals surface area contributed by atoms with Crippen LogP contribution in [0.5, 0.6) is 0 Å². The zero-order chi connectivity index (χ0) is 21.7. The van der Waals surface area contributed by atoms with Gasteiger partial charge < -0.3 is 19.8 Å². The molecule has 1 amide bonds. The molecule has 0 radical (unpaired) electrons. The number of Topliss-reactive ketones (excluding diaryl/α,β-unsaturated/α-hetero) is 1. The maximum atomic E-state index is 12.8. The number of benzene rings is 2. The van der Waals surface area contributed by atoms with Crippen molar-refractivity contribution in [2.75, 3.05) is 26.4 Å². The molecule has 9 nitrogen and oxygen atoms in total. The minimum atomic E-state index is -0.845. The molecule has 2 N–H and O–H groups in total. The van der Waals surface area contributed by atoms with Crippen molar-refractivity contribution in [2.24, 2.45) is 0 Å². The van der Waals surface area contributed by atoms with Gasteiger partial charge in [-0.15, -0.1) is 0 Å². The number of nitro benzene ring substituents is 1. The molecule has 9 heteroatoms. The van der Waals surface area contributed by atoms with Crippen LogP contribution in [-0.4, -0.2) is 58.1 Å². The predicted octanol–water partition coefficient (Wildman–Crippen LogP) is 2.03. The Morgan fingerprint density at radius 3 is 2.33 bits per heavy atom. The fraction of sp³-hybridized carbons (Fsp3) is 0.238. The number of nitro groups is 1. The molecule has 1 saturated heterocycles. The number of hydrogen-bond acceptors (Lipinski definition) is 7. The van der Waals surface area contributed by atoms with Gasteiger partial charge >= 0.3 is 0 Å². The summed E-state index contributed by atoms with van der Waals surface area (Å²) in [6.07, 6.45) is 0. The van der Waals surface area contributed by atoms with Gasteiger partial charge in [-0.1, -0.05) is 30.3 Å². The lowest BCUT2D eigenvalue weighted by Gasteiger charge is -2.25. The lowest BCUT2D eigenvalue weighted by Crippen LogP contribution is -2.33. The summed E-state index contributed by atoms with van der Waals surface area (Å²) in [5.74, 6) is -2.03. The Hall–Kier alpha value is -3.56. The fourth-order valence-corrected chi connectivity index (χ4v) is 3.32. The lowest BCUT2D eigenvalue weighted by molar-refractivity contribution is -0.384. The zero-order valence-corrected chi connectivity index (χ0v) is 15.9. The molecule has 156 valence electrons. The Kier molecular flexibility index (Phi) is 6.55. The highest BCUT2D eigenvalue weighted by atomic mass is 16.6. The smallest absolute Gasteiger partial charge is 0.295 e. The normalized spacial score (nSPS) is 18.0. The topological polar surface area (TPSA) is 130 Å². The highest BCUT2D eigenvalue weighted by molar-refractivity contribution is 6.46. The molecule has 1 atom stereocenters. The average Bonchev–Trinajstić information content (AvgIpc) is 3.01. The van der Waals surface area contributed by atoms with Gasteiger partial charge in [-0.2, -0.15) is 0 Å². The van der Waals surface area contributed by atoms with Gasteiger partial charge in [-0.3, -0.25) is 19.7 Å². The third-order valence-corrected chi connectivity index (χ3v) is 4.72. The van der Waals surface area contributed by atoms with E-state index in [0.717, 1.165) is 0 Å². The van der Waals surface area contributed by atoms with E-state index in [9.17, 15) is 24.8 Å². The standard InChI is InChI=1S/C21H20N2O7/c24-11-13-30-12-10-22-18(14-4-2-1-3-5-14)17(20(26)21(22)27)19(25)15-6-8-16(9-7-15)23(28)29/h1-9,18,24-25H,10-13H2/t18-/m0/s1. The van der Waals surface area contributed by atoms with Crippen molar-refractivity contribution in [1.29, 1.82) is 0 Å². The van der Waals surface area contributed by atoms with Gasteiger partial charge in [0.2, 0.25) is 0 Å². The summed E-state index contributed by atoms with van der Waals surface area (Å²) in [4.78, 5) is 37.1. The van der Waals surface area contributed by atoms with Gasteiger partial charge in [0.05, 0.1) is 36.4 Å². The Bertz CT molecular complexity index is 971. The van der Waals surface area contributed by atoms with Crippen molar-refractivity contribution in [3.05, 3.63) is 81.4 Å². The molecule has 3 rings (SSSR count). The number of nitrogens with zero attached hydrogens (tertiary/aromatic N) is 2. The van der Waals surface area contributed by atoms with Crippen LogP contribution in [0.25, 0.3) is 5.76 Å². The summed E-state index contributed by atoms with van der Waals surface area (Å²) in [6, 6.07) is 13.0. The summed E-state index contributed by atoms with van der Waals surface area (Å²) >= 11 is 0. The third kappa shape index (κ3) is 4.22. The molecule has 0 aliphatic carbocycles. The molecule has 2 aromatic rings. The minimum absolute atomic E-state index is 0.0845. The molecule has 30 heavy (non-hydrogen) atoms. The second-order valence-electron chi connectivity index (χ2n) is 6.54. The monoisotopic (exact) mass is 412 g/mol. The number of likely N-dealkylation sites (tertiary alicyclic amines) is 1. The molecule has 1 aliphatic heterocycles. The molecular weight excluding hydrogens is 392 g/mol. The zero-order valence-electron chi connectivity index (χ0n) is 15.9. The van der Waals surface area contributed by atoms with Crippen molar-refractivity contribution < 1.29 is 29.5 Å². The number of carbonyl (C=O) groups excluding carboxylic acids is 2. The molecule has 0 spiro atoms. The highest BCUT2D eigenvalue weighted by Gasteiger charge is 2.45. The molecule has 0 aromatic heterocycles. The van der Waals surface area contributed by atoms with E-state index in [2.05, 4.69) is 0 Å². The summed E-state index contributed by atoms with van der Waals surface area (Å²) in [5, 5.41) is 30.5. The number of ketones is 1. The van der Waals surface area contributed by atoms with Crippen LogP contribution >= 0.6 is 0 Å². The summed E-state index contributed by atoms with van der Waals surface area (Å²) in [6.45, 7) is 0.124. The largest absolute Gasteiger partial charge is 0.507 e. The van der Waals surface area contributed by atoms with Gasteiger partial charge in [-0.05, 0) is 17.7 Å². The number of ether oxygens (including phenoxy) is 1. The quantitative estimate of drug-likeness (QED) is 0.169. The van der Waals surface area contributed by atoms with E-state index in [1.165, 1.54) is 29.2 Å². The lowest BCUT2D eigenvalue weighted by atomic mass is 9.95. The predicted molar refractivity (Wildman–Crippen MR) is 106 cm³/mol. The van der Waals surface area contributed by atoms with Gasteiger partial charge in [-0.25, -0.2) is 0 Å². The molecular formula is C21H20N2O7. The minimum Gasteiger partial charge on any atom is -0.507 e. The Morgan fingerprint density at radius 2 is 1.73 bits per heavy atom. The molecule has 2 aromatic carbocycles. The fourth-order valence-electron chi connectivity index (χ4n) is 3.32. The first-order valence-electron chi connectivity index (χ1n) is 9.22. The third-order valence-electron chi connectivity index (χ3n) is 4.72. The Labute approximate surface area is 172 Å². The molecule has 1 heterocycles. The molecule has 0 bridgehead atoms. The van der Waals surface area contributed by atoms with Gasteiger partial charge in [0.25, 0.3) is 17.4 Å².